The third-order valence-electron chi connectivity index (χ3n) is 9.41. The van der Waals surface area contributed by atoms with Crippen LogP contribution in [0.2, 0.25) is 0 Å². The highest BCUT2D eigenvalue weighted by Crippen LogP contribution is 2.29. The maximum atomic E-state index is 13.2. The van der Waals surface area contributed by atoms with Crippen LogP contribution in [-0.2, 0) is 16.1 Å². The van der Waals surface area contributed by atoms with E-state index in [4.69, 9.17) is 4.98 Å². The third-order valence-corrected chi connectivity index (χ3v) is 10.2. The summed E-state index contributed by atoms with van der Waals surface area (Å²) in [5.74, 6) is 0.511. The van der Waals surface area contributed by atoms with Crippen LogP contribution in [0.5, 0.6) is 0 Å². The molecule has 1 aliphatic heterocycles. The van der Waals surface area contributed by atoms with E-state index in [1.807, 2.05) is 28.0 Å². The molecule has 1 aliphatic rings. The lowest BCUT2D eigenvalue weighted by atomic mass is 10.0. The summed E-state index contributed by atoms with van der Waals surface area (Å²) in [6.07, 6.45) is 14.7. The summed E-state index contributed by atoms with van der Waals surface area (Å²) in [5, 5.41) is 10.5. The number of hydrogen-bond acceptors (Lipinski definition) is 6. The van der Waals surface area contributed by atoms with Crippen LogP contribution in [0.15, 0.2) is 53.7 Å². The molecule has 2 aromatic heterocycles. The minimum Gasteiger partial charge on any atom is -0.338 e. The average Bonchev–Trinajstić information content (AvgIpc) is 3.37. The summed E-state index contributed by atoms with van der Waals surface area (Å²) in [7, 11) is 0. The SMILES string of the molecule is CCCCCCCCCCCCCC(=O)N1CCN(C(=O)CSc2nnc3c4cc(C)ccc4n(Cc4ccccc4)c3n2)CC1C. The number of aromatic nitrogens is 4. The highest BCUT2D eigenvalue weighted by molar-refractivity contribution is 7.99. The Bertz CT molecular complexity index is 1610. The Balaban J connectivity index is 1.08. The normalized spacial score (nSPS) is 15.2. The molecule has 0 saturated carbocycles. The Morgan fingerprint density at radius 1 is 0.851 bits per heavy atom. The van der Waals surface area contributed by atoms with Crippen molar-refractivity contribution in [2.24, 2.45) is 0 Å². The summed E-state index contributed by atoms with van der Waals surface area (Å²) in [6, 6.07) is 16.7. The molecule has 9 heteroatoms. The van der Waals surface area contributed by atoms with Crippen LogP contribution in [0.1, 0.15) is 102 Å². The number of unbranched alkanes of at least 4 members (excludes halogenated alkanes) is 10. The molecule has 8 nitrogen and oxygen atoms in total. The van der Waals surface area contributed by atoms with Crippen molar-refractivity contribution in [1.82, 2.24) is 29.5 Å². The van der Waals surface area contributed by atoms with Crippen molar-refractivity contribution < 1.29 is 9.59 Å². The van der Waals surface area contributed by atoms with E-state index in [1.165, 1.54) is 75.1 Å². The molecule has 0 bridgehead atoms. The zero-order chi connectivity index (χ0) is 33.0. The van der Waals surface area contributed by atoms with Crippen molar-refractivity contribution >= 4 is 45.6 Å². The van der Waals surface area contributed by atoms with Gasteiger partial charge in [-0.15, -0.1) is 10.2 Å². The van der Waals surface area contributed by atoms with Crippen LogP contribution in [0.25, 0.3) is 22.1 Å². The summed E-state index contributed by atoms with van der Waals surface area (Å²) < 4.78 is 2.19. The standard InChI is InChI=1S/C38H52N6O2S/c1-4-5-6-7-8-9-10-11-12-13-17-20-34(45)43-24-23-42(26-30(43)3)35(46)28-47-38-39-37-36(40-41-38)32-25-29(2)21-22-33(32)44(37)27-31-18-15-14-16-19-31/h14-16,18-19,21-22,25,30H,4-13,17,20,23-24,26-28H2,1-3H3. The Morgan fingerprint density at radius 2 is 1.55 bits per heavy atom. The fraction of sp³-hybridized carbons (Fsp3) is 0.553. The summed E-state index contributed by atoms with van der Waals surface area (Å²) in [5.41, 5.74) is 4.96. The van der Waals surface area contributed by atoms with Gasteiger partial charge in [0.2, 0.25) is 17.0 Å². The van der Waals surface area contributed by atoms with Gasteiger partial charge in [-0.05, 0) is 38.0 Å². The van der Waals surface area contributed by atoms with Crippen molar-refractivity contribution in [3.05, 3.63) is 59.7 Å². The largest absolute Gasteiger partial charge is 0.338 e. The van der Waals surface area contributed by atoms with Gasteiger partial charge in [-0.25, -0.2) is 4.98 Å². The molecule has 3 heterocycles. The maximum absolute atomic E-state index is 13.2. The van der Waals surface area contributed by atoms with E-state index in [0.717, 1.165) is 40.5 Å². The number of carbonyl (C=O) groups excluding carboxylic acids is 2. The van der Waals surface area contributed by atoms with Crippen LogP contribution >= 0.6 is 11.8 Å². The van der Waals surface area contributed by atoms with Crippen LogP contribution < -0.4 is 0 Å². The van der Waals surface area contributed by atoms with Crippen LogP contribution in [-0.4, -0.2) is 72.8 Å². The fourth-order valence-electron chi connectivity index (χ4n) is 6.70. The maximum Gasteiger partial charge on any atom is 0.233 e. The number of benzene rings is 2. The Labute approximate surface area is 284 Å². The number of hydrogen-bond donors (Lipinski definition) is 0. The van der Waals surface area contributed by atoms with Gasteiger partial charge >= 0.3 is 0 Å². The van der Waals surface area contributed by atoms with Crippen molar-refractivity contribution in [3.63, 3.8) is 0 Å². The second-order valence-electron chi connectivity index (χ2n) is 13.2. The van der Waals surface area contributed by atoms with Gasteiger partial charge in [-0.1, -0.05) is 125 Å². The second-order valence-corrected chi connectivity index (χ2v) is 14.2. The minimum atomic E-state index is 0.0179. The Hall–Kier alpha value is -3.46. The molecule has 1 unspecified atom stereocenters. The monoisotopic (exact) mass is 656 g/mol. The molecule has 0 N–H and O–H groups in total. The first-order valence-corrected chi connectivity index (χ1v) is 18.8. The van der Waals surface area contributed by atoms with Gasteiger partial charge in [0.15, 0.2) is 5.65 Å². The van der Waals surface area contributed by atoms with Gasteiger partial charge < -0.3 is 14.4 Å². The number of amides is 2. The molecule has 5 rings (SSSR count). The van der Waals surface area contributed by atoms with E-state index < -0.39 is 0 Å². The topological polar surface area (TPSA) is 84.2 Å². The van der Waals surface area contributed by atoms with Crippen molar-refractivity contribution in [2.75, 3.05) is 25.4 Å². The van der Waals surface area contributed by atoms with E-state index in [9.17, 15) is 9.59 Å². The molecule has 0 spiro atoms. The highest BCUT2D eigenvalue weighted by Gasteiger charge is 2.29. The molecule has 2 amide bonds. The molecule has 0 aliphatic carbocycles. The van der Waals surface area contributed by atoms with Gasteiger partial charge in [0, 0.05) is 44.0 Å². The predicted molar refractivity (Wildman–Crippen MR) is 193 cm³/mol. The molecule has 1 saturated heterocycles. The highest BCUT2D eigenvalue weighted by atomic mass is 32.2. The first-order chi connectivity index (χ1) is 22.9. The van der Waals surface area contributed by atoms with E-state index in [1.54, 1.807) is 0 Å². The van der Waals surface area contributed by atoms with Gasteiger partial charge in [0.25, 0.3) is 0 Å². The van der Waals surface area contributed by atoms with Gasteiger partial charge in [0.05, 0.1) is 11.3 Å². The van der Waals surface area contributed by atoms with Gasteiger partial charge in [-0.3, -0.25) is 9.59 Å². The van der Waals surface area contributed by atoms with Crippen LogP contribution in [0, 0.1) is 6.92 Å². The van der Waals surface area contributed by atoms with Crippen molar-refractivity contribution in [3.8, 4) is 0 Å². The summed E-state index contributed by atoms with van der Waals surface area (Å²) in [6.45, 7) is 8.79. The van der Waals surface area contributed by atoms with Crippen molar-refractivity contribution in [2.45, 2.75) is 116 Å². The fourth-order valence-corrected chi connectivity index (χ4v) is 7.38. The Kier molecular flexibility index (Phi) is 13.1. The first-order valence-electron chi connectivity index (χ1n) is 17.8. The molecular formula is C38H52N6O2S. The number of fused-ring (bicyclic) bond motifs is 3. The molecule has 1 atom stereocenters. The molecule has 0 radical (unpaired) electrons. The first kappa shape index (κ1) is 34.9. The molecule has 4 aromatic rings. The van der Waals surface area contributed by atoms with Gasteiger partial charge in [0.1, 0.15) is 5.52 Å². The molecule has 2 aromatic carbocycles. The van der Waals surface area contributed by atoms with Gasteiger partial charge in [-0.2, -0.15) is 0 Å². The quantitative estimate of drug-likeness (QED) is 0.0842. The lowest BCUT2D eigenvalue weighted by Crippen LogP contribution is -2.55. The Morgan fingerprint density at radius 3 is 2.26 bits per heavy atom. The third kappa shape index (κ3) is 9.55. The van der Waals surface area contributed by atoms with E-state index in [-0.39, 0.29) is 23.6 Å². The number of aryl methyl sites for hydroxylation is 1. The zero-order valence-corrected chi connectivity index (χ0v) is 29.4. The van der Waals surface area contributed by atoms with Crippen molar-refractivity contribution in [1.29, 1.82) is 0 Å². The molecular weight excluding hydrogens is 605 g/mol. The lowest BCUT2D eigenvalue weighted by molar-refractivity contribution is -0.141. The predicted octanol–water partition coefficient (Wildman–Crippen LogP) is 8.19. The number of thioether (sulfide) groups is 1. The van der Waals surface area contributed by atoms with E-state index >= 15 is 0 Å². The average molecular weight is 657 g/mol. The number of piperazine rings is 1. The number of carbonyl (C=O) groups is 2. The second kappa shape index (κ2) is 17.6. The number of rotatable bonds is 17. The van der Waals surface area contributed by atoms with E-state index in [2.05, 4.69) is 65.9 Å². The van der Waals surface area contributed by atoms with Crippen LogP contribution in [0.4, 0.5) is 0 Å². The van der Waals surface area contributed by atoms with Crippen LogP contribution in [0.3, 0.4) is 0 Å². The molecule has 47 heavy (non-hydrogen) atoms. The molecule has 252 valence electrons. The lowest BCUT2D eigenvalue weighted by Gasteiger charge is -2.40. The van der Waals surface area contributed by atoms with E-state index in [0.29, 0.717) is 37.8 Å². The number of nitrogens with zero attached hydrogens (tertiary/aromatic N) is 6. The zero-order valence-electron chi connectivity index (χ0n) is 28.6. The smallest absolute Gasteiger partial charge is 0.233 e. The molecule has 1 fully saturated rings. The minimum absolute atomic E-state index is 0.0179. The summed E-state index contributed by atoms with van der Waals surface area (Å²) in [4.78, 5) is 35.0. The summed E-state index contributed by atoms with van der Waals surface area (Å²) >= 11 is 1.33.